The minimum absolute atomic E-state index is 0.0103. The lowest BCUT2D eigenvalue weighted by molar-refractivity contribution is 0.0971. The van der Waals surface area contributed by atoms with Crippen molar-refractivity contribution in [3.63, 3.8) is 0 Å². The number of carbonyl (C=O) groups excluding carboxylic acids is 1. The van der Waals surface area contributed by atoms with Gasteiger partial charge < -0.3 is 9.13 Å². The van der Waals surface area contributed by atoms with Gasteiger partial charge in [0.1, 0.15) is 0 Å². The van der Waals surface area contributed by atoms with E-state index in [1.165, 1.54) is 0 Å². The van der Waals surface area contributed by atoms with Crippen LogP contribution in [0.5, 0.6) is 0 Å². The average molecular weight is 355 g/mol. The first-order chi connectivity index (χ1) is 13.1. The third-order valence-corrected chi connectivity index (χ3v) is 4.83. The summed E-state index contributed by atoms with van der Waals surface area (Å²) in [4.78, 5) is 12.8. The predicted octanol–water partition coefficient (Wildman–Crippen LogP) is 4.16. The highest BCUT2D eigenvalue weighted by Gasteiger charge is 2.14. The molecule has 0 unspecified atom stereocenters. The van der Waals surface area contributed by atoms with Crippen molar-refractivity contribution < 1.29 is 4.79 Å². The lowest BCUT2D eigenvalue weighted by Gasteiger charge is -2.06. The van der Waals surface area contributed by atoms with Gasteiger partial charge >= 0.3 is 0 Å². The Morgan fingerprint density at radius 1 is 0.815 bits per heavy atom. The standard InChI is InChI=1S/C23H21N3O/c1-17-11-13-19(14-12-17)22(27)16-26-21-10-6-5-9-20(21)25(23(26)24)15-18-7-3-2-4-8-18/h2-14,24H,15-16H2,1H3. The number of aryl methyl sites for hydroxylation is 1. The summed E-state index contributed by atoms with van der Waals surface area (Å²) in [6.45, 7) is 2.76. The molecule has 0 saturated heterocycles. The zero-order chi connectivity index (χ0) is 18.8. The number of hydrogen-bond donors (Lipinski definition) is 1. The second-order valence-corrected chi connectivity index (χ2v) is 6.76. The van der Waals surface area contributed by atoms with Gasteiger partial charge in [0.2, 0.25) is 5.62 Å². The molecule has 0 aliphatic heterocycles. The van der Waals surface area contributed by atoms with Crippen LogP contribution in [0.15, 0.2) is 78.9 Å². The summed E-state index contributed by atoms with van der Waals surface area (Å²) in [5.74, 6) is 0.0103. The highest BCUT2D eigenvalue weighted by Crippen LogP contribution is 2.15. The first-order valence-corrected chi connectivity index (χ1v) is 9.00. The van der Waals surface area contributed by atoms with E-state index in [1.807, 2.05) is 78.2 Å². The fourth-order valence-corrected chi connectivity index (χ4v) is 3.36. The number of fused-ring (bicyclic) bond motifs is 1. The first kappa shape index (κ1) is 17.0. The van der Waals surface area contributed by atoms with E-state index in [2.05, 4.69) is 12.1 Å². The molecule has 134 valence electrons. The number of ketones is 1. The van der Waals surface area contributed by atoms with Crippen LogP contribution in [0.4, 0.5) is 0 Å². The van der Waals surface area contributed by atoms with Crippen LogP contribution in [0.25, 0.3) is 11.0 Å². The molecule has 3 aromatic carbocycles. The van der Waals surface area contributed by atoms with E-state index in [0.29, 0.717) is 17.7 Å². The van der Waals surface area contributed by atoms with Crippen LogP contribution in [0.3, 0.4) is 0 Å². The van der Waals surface area contributed by atoms with E-state index in [9.17, 15) is 4.79 Å². The second-order valence-electron chi connectivity index (χ2n) is 6.76. The third-order valence-electron chi connectivity index (χ3n) is 4.83. The zero-order valence-electron chi connectivity index (χ0n) is 15.2. The van der Waals surface area contributed by atoms with E-state index in [4.69, 9.17) is 5.41 Å². The Balaban J connectivity index is 1.75. The number of benzene rings is 3. The Kier molecular flexibility index (Phi) is 4.47. The molecule has 4 heteroatoms. The summed E-state index contributed by atoms with van der Waals surface area (Å²) in [5, 5.41) is 8.69. The minimum atomic E-state index is 0.0103. The largest absolute Gasteiger partial charge is 0.306 e. The fourth-order valence-electron chi connectivity index (χ4n) is 3.36. The molecule has 4 rings (SSSR count). The molecular formula is C23H21N3O. The molecule has 0 fully saturated rings. The van der Waals surface area contributed by atoms with Gasteiger partial charge in [-0.2, -0.15) is 0 Å². The molecule has 1 heterocycles. The molecule has 1 aromatic heterocycles. The number of para-hydroxylation sites is 2. The molecule has 0 aliphatic rings. The summed E-state index contributed by atoms with van der Waals surface area (Å²) in [6, 6.07) is 25.6. The van der Waals surface area contributed by atoms with Gasteiger partial charge in [-0.25, -0.2) is 0 Å². The quantitative estimate of drug-likeness (QED) is 0.537. The number of Topliss-reactive ketones (excluding diaryl/α,β-unsaturated/α-hetero) is 1. The van der Waals surface area contributed by atoms with Gasteiger partial charge in [-0.3, -0.25) is 10.2 Å². The van der Waals surface area contributed by atoms with Crippen LogP contribution in [0.1, 0.15) is 21.5 Å². The molecular weight excluding hydrogens is 334 g/mol. The van der Waals surface area contributed by atoms with Crippen molar-refractivity contribution in [2.75, 3.05) is 0 Å². The molecule has 1 N–H and O–H groups in total. The normalized spacial score (nSPS) is 11.0. The summed E-state index contributed by atoms with van der Waals surface area (Å²) in [6.07, 6.45) is 0. The highest BCUT2D eigenvalue weighted by atomic mass is 16.1. The van der Waals surface area contributed by atoms with Crippen LogP contribution in [0.2, 0.25) is 0 Å². The van der Waals surface area contributed by atoms with Crippen molar-refractivity contribution in [1.82, 2.24) is 9.13 Å². The molecule has 0 aliphatic carbocycles. The van der Waals surface area contributed by atoms with E-state index < -0.39 is 0 Å². The number of rotatable bonds is 5. The van der Waals surface area contributed by atoms with Gasteiger partial charge in [-0.05, 0) is 24.6 Å². The number of aromatic nitrogens is 2. The molecule has 0 saturated carbocycles. The number of carbonyl (C=O) groups is 1. The summed E-state index contributed by atoms with van der Waals surface area (Å²) in [7, 11) is 0. The van der Waals surface area contributed by atoms with Gasteiger partial charge in [-0.1, -0.05) is 72.3 Å². The molecule has 0 radical (unpaired) electrons. The van der Waals surface area contributed by atoms with Gasteiger partial charge in [0.15, 0.2) is 5.78 Å². The van der Waals surface area contributed by atoms with Crippen LogP contribution in [-0.4, -0.2) is 14.9 Å². The monoisotopic (exact) mass is 355 g/mol. The summed E-state index contributed by atoms with van der Waals surface area (Å²) >= 11 is 0. The Labute approximate surface area is 157 Å². The van der Waals surface area contributed by atoms with Gasteiger partial charge in [-0.15, -0.1) is 0 Å². The van der Waals surface area contributed by atoms with Crippen molar-refractivity contribution in [3.05, 3.63) is 101 Å². The molecule has 0 amide bonds. The molecule has 0 bridgehead atoms. The summed E-state index contributed by atoms with van der Waals surface area (Å²) in [5.41, 5.74) is 5.12. The number of nitrogens with one attached hydrogen (secondary N) is 1. The zero-order valence-corrected chi connectivity index (χ0v) is 15.2. The maximum atomic E-state index is 12.8. The highest BCUT2D eigenvalue weighted by molar-refractivity contribution is 5.96. The smallest absolute Gasteiger partial charge is 0.203 e. The lowest BCUT2D eigenvalue weighted by atomic mass is 10.1. The maximum absolute atomic E-state index is 12.8. The van der Waals surface area contributed by atoms with Crippen LogP contribution in [0, 0.1) is 12.3 Å². The van der Waals surface area contributed by atoms with Gasteiger partial charge in [0, 0.05) is 5.56 Å². The summed E-state index contributed by atoms with van der Waals surface area (Å²) < 4.78 is 3.74. The first-order valence-electron chi connectivity index (χ1n) is 9.00. The Morgan fingerprint density at radius 3 is 2.07 bits per heavy atom. The molecule has 0 atom stereocenters. The number of imidazole rings is 1. The fraction of sp³-hybridized carbons (Fsp3) is 0.130. The second kappa shape index (κ2) is 7.08. The van der Waals surface area contributed by atoms with Crippen LogP contribution in [-0.2, 0) is 13.1 Å². The number of nitrogens with zero attached hydrogens (tertiary/aromatic N) is 2. The van der Waals surface area contributed by atoms with Crippen LogP contribution < -0.4 is 5.62 Å². The SMILES string of the molecule is Cc1ccc(C(=O)Cn2c(=N)n(Cc3ccccc3)c3ccccc32)cc1. The predicted molar refractivity (Wildman–Crippen MR) is 107 cm³/mol. The van der Waals surface area contributed by atoms with E-state index in [1.54, 1.807) is 4.57 Å². The Hall–Kier alpha value is -3.40. The van der Waals surface area contributed by atoms with Crippen molar-refractivity contribution >= 4 is 16.8 Å². The van der Waals surface area contributed by atoms with E-state index in [0.717, 1.165) is 22.2 Å². The van der Waals surface area contributed by atoms with Crippen molar-refractivity contribution in [3.8, 4) is 0 Å². The molecule has 0 spiro atoms. The van der Waals surface area contributed by atoms with Crippen LogP contribution >= 0.6 is 0 Å². The minimum Gasteiger partial charge on any atom is -0.306 e. The Bertz CT molecular complexity index is 1150. The topological polar surface area (TPSA) is 50.8 Å². The average Bonchev–Trinajstić information content (AvgIpc) is 2.95. The lowest BCUT2D eigenvalue weighted by Crippen LogP contribution is -2.27. The molecule has 4 aromatic rings. The Morgan fingerprint density at radius 2 is 1.41 bits per heavy atom. The van der Waals surface area contributed by atoms with Gasteiger partial charge in [0.25, 0.3) is 0 Å². The van der Waals surface area contributed by atoms with E-state index in [-0.39, 0.29) is 12.3 Å². The maximum Gasteiger partial charge on any atom is 0.203 e. The third kappa shape index (κ3) is 3.34. The van der Waals surface area contributed by atoms with Crippen molar-refractivity contribution in [1.29, 1.82) is 5.41 Å². The van der Waals surface area contributed by atoms with Gasteiger partial charge in [0.05, 0.1) is 24.1 Å². The van der Waals surface area contributed by atoms with Crippen molar-refractivity contribution in [2.24, 2.45) is 0 Å². The van der Waals surface area contributed by atoms with Crippen molar-refractivity contribution in [2.45, 2.75) is 20.0 Å². The number of hydrogen-bond acceptors (Lipinski definition) is 2. The van der Waals surface area contributed by atoms with E-state index >= 15 is 0 Å². The molecule has 27 heavy (non-hydrogen) atoms. The molecule has 4 nitrogen and oxygen atoms in total.